The Bertz CT molecular complexity index is 418. The summed E-state index contributed by atoms with van der Waals surface area (Å²) >= 11 is 0. The average Bonchev–Trinajstić information content (AvgIpc) is 3.21. The van der Waals surface area contributed by atoms with Crippen LogP contribution < -0.4 is 10.2 Å². The van der Waals surface area contributed by atoms with Crippen molar-refractivity contribution in [3.63, 3.8) is 0 Å². The second kappa shape index (κ2) is 6.57. The summed E-state index contributed by atoms with van der Waals surface area (Å²) in [6.07, 6.45) is 7.18. The molecule has 112 valence electrons. The van der Waals surface area contributed by atoms with E-state index < -0.39 is 0 Å². The van der Waals surface area contributed by atoms with Crippen molar-refractivity contribution in [3.05, 3.63) is 24.0 Å². The van der Waals surface area contributed by atoms with E-state index in [-0.39, 0.29) is 5.54 Å². The predicted octanol–water partition coefficient (Wildman–Crippen LogP) is 3.74. The minimum absolute atomic E-state index is 0.135. The number of rotatable bonds is 7. The van der Waals surface area contributed by atoms with Crippen molar-refractivity contribution in [3.8, 4) is 0 Å². The zero-order chi connectivity index (χ0) is 14.6. The Kier molecular flexibility index (Phi) is 5.03. The van der Waals surface area contributed by atoms with E-state index >= 15 is 0 Å². The Morgan fingerprint density at radius 1 is 1.35 bits per heavy atom. The lowest BCUT2D eigenvalue weighted by Crippen LogP contribution is -2.35. The third kappa shape index (κ3) is 4.78. The van der Waals surface area contributed by atoms with Crippen LogP contribution in [-0.4, -0.2) is 23.1 Å². The summed E-state index contributed by atoms with van der Waals surface area (Å²) in [6.45, 7) is 10.8. The maximum atomic E-state index is 4.50. The largest absolute Gasteiger partial charge is 0.368 e. The zero-order valence-corrected chi connectivity index (χ0v) is 13.4. The first kappa shape index (κ1) is 15.3. The standard InChI is InChI=1S/C17H29N3/c1-5-6-11-20(15-7-8-15)16-9-10-18-14(12-16)13-19-17(2,3)4/h9-10,12,15,19H,5-8,11,13H2,1-4H3. The van der Waals surface area contributed by atoms with Crippen LogP contribution in [0.25, 0.3) is 0 Å². The second-order valence-electron chi connectivity index (χ2n) is 6.89. The van der Waals surface area contributed by atoms with E-state index in [9.17, 15) is 0 Å². The molecule has 0 unspecified atom stereocenters. The third-order valence-electron chi connectivity index (χ3n) is 3.67. The van der Waals surface area contributed by atoms with Gasteiger partial charge in [-0.25, -0.2) is 0 Å². The summed E-state index contributed by atoms with van der Waals surface area (Å²) in [5, 5.41) is 3.51. The minimum atomic E-state index is 0.135. The van der Waals surface area contributed by atoms with Gasteiger partial charge in [0.1, 0.15) is 0 Å². The van der Waals surface area contributed by atoms with Crippen LogP contribution in [0.15, 0.2) is 18.3 Å². The molecule has 0 radical (unpaired) electrons. The van der Waals surface area contributed by atoms with Gasteiger partial charge in [-0.3, -0.25) is 4.98 Å². The molecule has 3 heteroatoms. The number of nitrogens with zero attached hydrogens (tertiary/aromatic N) is 2. The molecule has 0 atom stereocenters. The van der Waals surface area contributed by atoms with Gasteiger partial charge in [-0.15, -0.1) is 0 Å². The molecule has 1 saturated carbocycles. The molecule has 20 heavy (non-hydrogen) atoms. The van der Waals surface area contributed by atoms with Crippen LogP contribution in [0, 0.1) is 0 Å². The van der Waals surface area contributed by atoms with Gasteiger partial charge >= 0.3 is 0 Å². The number of aromatic nitrogens is 1. The molecule has 1 N–H and O–H groups in total. The van der Waals surface area contributed by atoms with E-state index in [2.05, 4.69) is 55.0 Å². The van der Waals surface area contributed by atoms with Crippen molar-refractivity contribution in [1.82, 2.24) is 10.3 Å². The van der Waals surface area contributed by atoms with Crippen LogP contribution in [0.5, 0.6) is 0 Å². The maximum absolute atomic E-state index is 4.50. The summed E-state index contributed by atoms with van der Waals surface area (Å²) in [7, 11) is 0. The number of unbranched alkanes of at least 4 members (excludes halogenated alkanes) is 1. The molecule has 2 rings (SSSR count). The van der Waals surface area contributed by atoms with Crippen molar-refractivity contribution in [2.24, 2.45) is 0 Å². The highest BCUT2D eigenvalue weighted by Crippen LogP contribution is 2.32. The lowest BCUT2D eigenvalue weighted by Gasteiger charge is -2.25. The van der Waals surface area contributed by atoms with Crippen LogP contribution in [0.2, 0.25) is 0 Å². The lowest BCUT2D eigenvalue weighted by atomic mass is 10.1. The average molecular weight is 275 g/mol. The second-order valence-corrected chi connectivity index (χ2v) is 6.89. The highest BCUT2D eigenvalue weighted by atomic mass is 15.2. The fraction of sp³-hybridized carbons (Fsp3) is 0.706. The van der Waals surface area contributed by atoms with E-state index in [0.717, 1.165) is 18.3 Å². The van der Waals surface area contributed by atoms with Gasteiger partial charge in [-0.2, -0.15) is 0 Å². The molecule has 3 nitrogen and oxygen atoms in total. The molecule has 1 fully saturated rings. The van der Waals surface area contributed by atoms with E-state index in [1.807, 2.05) is 6.20 Å². The maximum Gasteiger partial charge on any atom is 0.0562 e. The monoisotopic (exact) mass is 275 g/mol. The Balaban J connectivity index is 2.03. The normalized spacial score (nSPS) is 15.4. The fourth-order valence-corrected chi connectivity index (χ4v) is 2.33. The molecule has 1 aliphatic rings. The SMILES string of the molecule is CCCCN(c1ccnc(CNC(C)(C)C)c1)C1CC1. The summed E-state index contributed by atoms with van der Waals surface area (Å²) in [4.78, 5) is 7.07. The van der Waals surface area contributed by atoms with Gasteiger partial charge in [0.05, 0.1) is 5.69 Å². The molecule has 0 amide bonds. The van der Waals surface area contributed by atoms with Gasteiger partial charge in [0.15, 0.2) is 0 Å². The first-order valence-corrected chi connectivity index (χ1v) is 7.96. The number of nitrogens with one attached hydrogen (secondary N) is 1. The van der Waals surface area contributed by atoms with Crippen molar-refractivity contribution in [2.75, 3.05) is 11.4 Å². The molecule has 0 spiro atoms. The van der Waals surface area contributed by atoms with E-state index in [1.165, 1.54) is 37.9 Å². The van der Waals surface area contributed by atoms with Crippen molar-refractivity contribution >= 4 is 5.69 Å². The summed E-state index contributed by atoms with van der Waals surface area (Å²) in [6, 6.07) is 5.19. The predicted molar refractivity (Wildman–Crippen MR) is 86.1 cm³/mol. The molecule has 1 heterocycles. The fourth-order valence-electron chi connectivity index (χ4n) is 2.33. The molecule has 0 saturated heterocycles. The minimum Gasteiger partial charge on any atom is -0.368 e. The highest BCUT2D eigenvalue weighted by Gasteiger charge is 2.28. The first-order chi connectivity index (χ1) is 9.49. The third-order valence-corrected chi connectivity index (χ3v) is 3.67. The van der Waals surface area contributed by atoms with E-state index in [1.54, 1.807) is 0 Å². The van der Waals surface area contributed by atoms with E-state index in [0.29, 0.717) is 0 Å². The summed E-state index contributed by atoms with van der Waals surface area (Å²) < 4.78 is 0. The van der Waals surface area contributed by atoms with Crippen LogP contribution >= 0.6 is 0 Å². The Hall–Kier alpha value is -1.09. The molecular weight excluding hydrogens is 246 g/mol. The van der Waals surface area contributed by atoms with Crippen molar-refractivity contribution in [2.45, 2.75) is 71.5 Å². The quantitative estimate of drug-likeness (QED) is 0.821. The number of anilines is 1. The Labute approximate surface area is 123 Å². The first-order valence-electron chi connectivity index (χ1n) is 7.96. The Morgan fingerprint density at radius 3 is 2.70 bits per heavy atom. The van der Waals surface area contributed by atoms with Gasteiger partial charge in [-0.05, 0) is 52.2 Å². The van der Waals surface area contributed by atoms with Crippen LogP contribution in [0.4, 0.5) is 5.69 Å². The van der Waals surface area contributed by atoms with Gasteiger partial charge in [0.2, 0.25) is 0 Å². The van der Waals surface area contributed by atoms with Gasteiger partial charge in [-0.1, -0.05) is 13.3 Å². The van der Waals surface area contributed by atoms with Gasteiger partial charge < -0.3 is 10.2 Å². The summed E-state index contributed by atoms with van der Waals surface area (Å²) in [5.74, 6) is 0. The zero-order valence-electron chi connectivity index (χ0n) is 13.4. The molecule has 0 aromatic carbocycles. The molecule has 0 aliphatic heterocycles. The number of pyridine rings is 1. The van der Waals surface area contributed by atoms with Crippen molar-refractivity contribution in [1.29, 1.82) is 0 Å². The van der Waals surface area contributed by atoms with Crippen LogP contribution in [0.3, 0.4) is 0 Å². The molecule has 1 aromatic heterocycles. The van der Waals surface area contributed by atoms with Gasteiger partial charge in [0, 0.05) is 36.6 Å². The number of hydrogen-bond acceptors (Lipinski definition) is 3. The van der Waals surface area contributed by atoms with Crippen LogP contribution in [0.1, 0.15) is 59.1 Å². The van der Waals surface area contributed by atoms with Gasteiger partial charge in [0.25, 0.3) is 0 Å². The molecule has 1 aromatic rings. The summed E-state index contributed by atoms with van der Waals surface area (Å²) in [5.41, 5.74) is 2.62. The highest BCUT2D eigenvalue weighted by molar-refractivity contribution is 5.48. The van der Waals surface area contributed by atoms with Crippen LogP contribution in [-0.2, 0) is 6.54 Å². The molecular formula is C17H29N3. The number of hydrogen-bond donors (Lipinski definition) is 1. The van der Waals surface area contributed by atoms with Crippen molar-refractivity contribution < 1.29 is 0 Å². The topological polar surface area (TPSA) is 28.2 Å². The Morgan fingerprint density at radius 2 is 2.10 bits per heavy atom. The lowest BCUT2D eigenvalue weighted by molar-refractivity contribution is 0.421. The van der Waals surface area contributed by atoms with E-state index in [4.69, 9.17) is 0 Å². The smallest absolute Gasteiger partial charge is 0.0562 e. The molecule has 1 aliphatic carbocycles. The molecule has 0 bridgehead atoms.